The van der Waals surface area contributed by atoms with Gasteiger partial charge in [-0.15, -0.1) is 28.5 Å². The van der Waals surface area contributed by atoms with Gasteiger partial charge in [-0.2, -0.15) is 0 Å². The fourth-order valence-corrected chi connectivity index (χ4v) is 4.36. The molecule has 0 aliphatic rings. The van der Waals surface area contributed by atoms with Gasteiger partial charge in [0, 0.05) is 21.6 Å². The van der Waals surface area contributed by atoms with E-state index in [1.54, 1.807) is 11.8 Å². The Kier molecular flexibility index (Phi) is 7.97. The van der Waals surface area contributed by atoms with E-state index in [9.17, 15) is 4.79 Å². The van der Waals surface area contributed by atoms with Gasteiger partial charge in [0.15, 0.2) is 5.16 Å². The predicted molar refractivity (Wildman–Crippen MR) is 124 cm³/mol. The number of carbonyl (C=O) groups is 1. The molecule has 1 N–H and O–H groups in total. The van der Waals surface area contributed by atoms with Gasteiger partial charge in [0.25, 0.3) is 0 Å². The SMILES string of the molecule is C=CCn1c(CSc2ccc(C)cc2)nnc1SCC(=O)Nc1ccc(Br)cc1. The van der Waals surface area contributed by atoms with Crippen molar-refractivity contribution in [2.45, 2.75) is 29.3 Å². The minimum atomic E-state index is -0.0824. The molecule has 5 nitrogen and oxygen atoms in total. The van der Waals surface area contributed by atoms with Crippen molar-refractivity contribution in [3.05, 3.63) is 77.0 Å². The lowest BCUT2D eigenvalue weighted by atomic mass is 10.2. The van der Waals surface area contributed by atoms with Gasteiger partial charge in [0.1, 0.15) is 5.82 Å². The average Bonchev–Trinajstić information content (AvgIpc) is 3.10. The molecule has 3 rings (SSSR count). The zero-order valence-corrected chi connectivity index (χ0v) is 19.2. The van der Waals surface area contributed by atoms with Crippen molar-refractivity contribution in [3.8, 4) is 0 Å². The van der Waals surface area contributed by atoms with Crippen LogP contribution >= 0.6 is 39.5 Å². The Morgan fingerprint density at radius 3 is 2.55 bits per heavy atom. The summed E-state index contributed by atoms with van der Waals surface area (Å²) in [6.45, 7) is 6.51. The second-order valence-electron chi connectivity index (χ2n) is 6.24. The summed E-state index contributed by atoms with van der Waals surface area (Å²) in [6, 6.07) is 15.9. The van der Waals surface area contributed by atoms with Crippen LogP contribution in [-0.2, 0) is 17.1 Å². The van der Waals surface area contributed by atoms with Crippen LogP contribution in [0.5, 0.6) is 0 Å². The number of anilines is 1. The molecule has 0 unspecified atom stereocenters. The smallest absolute Gasteiger partial charge is 0.234 e. The van der Waals surface area contributed by atoms with E-state index in [0.717, 1.165) is 21.1 Å². The maximum atomic E-state index is 12.3. The molecule has 3 aromatic rings. The van der Waals surface area contributed by atoms with Gasteiger partial charge in [-0.1, -0.05) is 51.5 Å². The lowest BCUT2D eigenvalue weighted by molar-refractivity contribution is -0.113. The summed E-state index contributed by atoms with van der Waals surface area (Å²) < 4.78 is 2.98. The van der Waals surface area contributed by atoms with Crippen molar-refractivity contribution >= 4 is 51.0 Å². The largest absolute Gasteiger partial charge is 0.325 e. The highest BCUT2D eigenvalue weighted by Gasteiger charge is 2.14. The summed E-state index contributed by atoms with van der Waals surface area (Å²) in [5.41, 5.74) is 2.01. The first-order valence-corrected chi connectivity index (χ1v) is 11.7. The maximum Gasteiger partial charge on any atom is 0.234 e. The number of hydrogen-bond acceptors (Lipinski definition) is 5. The molecule has 8 heteroatoms. The van der Waals surface area contributed by atoms with E-state index in [1.807, 2.05) is 34.9 Å². The van der Waals surface area contributed by atoms with Crippen LogP contribution in [0, 0.1) is 6.92 Å². The zero-order chi connectivity index (χ0) is 20.6. The van der Waals surface area contributed by atoms with E-state index in [0.29, 0.717) is 12.3 Å². The number of aryl methyl sites for hydroxylation is 1. The normalized spacial score (nSPS) is 10.7. The van der Waals surface area contributed by atoms with E-state index >= 15 is 0 Å². The van der Waals surface area contributed by atoms with Gasteiger partial charge in [0.2, 0.25) is 5.91 Å². The lowest BCUT2D eigenvalue weighted by Gasteiger charge is -2.08. The van der Waals surface area contributed by atoms with Crippen LogP contribution in [-0.4, -0.2) is 26.4 Å². The molecule has 0 aliphatic heterocycles. The van der Waals surface area contributed by atoms with Gasteiger partial charge >= 0.3 is 0 Å². The van der Waals surface area contributed by atoms with E-state index in [2.05, 4.69) is 69.2 Å². The molecule has 0 saturated carbocycles. The monoisotopic (exact) mass is 488 g/mol. The van der Waals surface area contributed by atoms with Crippen molar-refractivity contribution in [1.82, 2.24) is 14.8 Å². The fourth-order valence-electron chi connectivity index (χ4n) is 2.49. The Labute approximate surface area is 187 Å². The number of benzene rings is 2. The number of carbonyl (C=O) groups excluding carboxylic acids is 1. The Balaban J connectivity index is 1.59. The quantitative estimate of drug-likeness (QED) is 0.315. The van der Waals surface area contributed by atoms with Crippen LogP contribution in [0.15, 0.2) is 75.7 Å². The molecule has 0 spiro atoms. The predicted octanol–water partition coefficient (Wildman–Crippen LogP) is 5.56. The molecular formula is C21H21BrN4OS2. The summed E-state index contributed by atoms with van der Waals surface area (Å²) in [4.78, 5) is 13.4. The molecule has 0 aliphatic carbocycles. The summed E-state index contributed by atoms with van der Waals surface area (Å²) >= 11 is 6.47. The number of hydrogen-bond donors (Lipinski definition) is 1. The first kappa shape index (κ1) is 21.7. The molecule has 1 heterocycles. The van der Waals surface area contributed by atoms with Crippen molar-refractivity contribution in [2.75, 3.05) is 11.1 Å². The Morgan fingerprint density at radius 2 is 1.86 bits per heavy atom. The molecule has 0 radical (unpaired) electrons. The van der Waals surface area contributed by atoms with Crippen LogP contribution in [0.1, 0.15) is 11.4 Å². The molecule has 0 fully saturated rings. The van der Waals surface area contributed by atoms with Gasteiger partial charge in [-0.3, -0.25) is 4.79 Å². The molecule has 1 aromatic heterocycles. The molecular weight excluding hydrogens is 468 g/mol. The highest BCUT2D eigenvalue weighted by molar-refractivity contribution is 9.10. The number of aromatic nitrogens is 3. The highest BCUT2D eigenvalue weighted by atomic mass is 79.9. The number of allylic oxidation sites excluding steroid dienone is 1. The summed E-state index contributed by atoms with van der Waals surface area (Å²) in [5.74, 6) is 1.75. The molecule has 2 aromatic carbocycles. The standard InChI is InChI=1S/C21H21BrN4OS2/c1-3-12-26-19(13-28-18-10-4-15(2)5-11-18)24-25-21(26)29-14-20(27)23-17-8-6-16(22)7-9-17/h3-11H,1,12-14H2,2H3,(H,23,27). The molecule has 0 saturated heterocycles. The fraction of sp³-hybridized carbons (Fsp3) is 0.190. The van der Waals surface area contributed by atoms with E-state index in [4.69, 9.17) is 0 Å². The van der Waals surface area contributed by atoms with Crippen LogP contribution in [0.25, 0.3) is 0 Å². The number of thioether (sulfide) groups is 2. The lowest BCUT2D eigenvalue weighted by Crippen LogP contribution is -2.14. The van der Waals surface area contributed by atoms with Crippen molar-refractivity contribution in [2.24, 2.45) is 0 Å². The van der Waals surface area contributed by atoms with Gasteiger partial charge in [0.05, 0.1) is 11.5 Å². The molecule has 150 valence electrons. The Morgan fingerprint density at radius 1 is 1.14 bits per heavy atom. The third kappa shape index (κ3) is 6.48. The number of halogens is 1. The Hall–Kier alpha value is -2.03. The van der Waals surface area contributed by atoms with Crippen LogP contribution in [0.2, 0.25) is 0 Å². The molecule has 29 heavy (non-hydrogen) atoms. The van der Waals surface area contributed by atoms with E-state index in [1.165, 1.54) is 22.2 Å². The molecule has 0 atom stereocenters. The zero-order valence-electron chi connectivity index (χ0n) is 16.0. The Bertz CT molecular complexity index is 971. The number of amides is 1. The summed E-state index contributed by atoms with van der Waals surface area (Å²) in [6.07, 6.45) is 1.81. The first-order chi connectivity index (χ1) is 14.0. The molecule has 1 amide bonds. The summed E-state index contributed by atoms with van der Waals surface area (Å²) in [5, 5.41) is 12.2. The minimum Gasteiger partial charge on any atom is -0.325 e. The van der Waals surface area contributed by atoms with Crippen molar-refractivity contribution in [1.29, 1.82) is 0 Å². The van der Waals surface area contributed by atoms with Crippen LogP contribution in [0.3, 0.4) is 0 Å². The third-order valence-corrected chi connectivity index (χ3v) is 6.46. The van der Waals surface area contributed by atoms with E-state index in [-0.39, 0.29) is 11.7 Å². The minimum absolute atomic E-state index is 0.0824. The topological polar surface area (TPSA) is 59.8 Å². The van der Waals surface area contributed by atoms with Crippen LogP contribution < -0.4 is 5.32 Å². The number of nitrogens with one attached hydrogen (secondary N) is 1. The first-order valence-electron chi connectivity index (χ1n) is 8.96. The van der Waals surface area contributed by atoms with E-state index < -0.39 is 0 Å². The second kappa shape index (κ2) is 10.7. The third-order valence-electron chi connectivity index (χ3n) is 3.95. The number of rotatable bonds is 9. The molecule has 0 bridgehead atoms. The van der Waals surface area contributed by atoms with Crippen molar-refractivity contribution < 1.29 is 4.79 Å². The van der Waals surface area contributed by atoms with Gasteiger partial charge < -0.3 is 9.88 Å². The maximum absolute atomic E-state index is 12.3. The van der Waals surface area contributed by atoms with Gasteiger partial charge in [-0.25, -0.2) is 0 Å². The van der Waals surface area contributed by atoms with Gasteiger partial charge in [-0.05, 0) is 43.3 Å². The average molecular weight is 489 g/mol. The second-order valence-corrected chi connectivity index (χ2v) is 9.15. The van der Waals surface area contributed by atoms with Crippen molar-refractivity contribution in [3.63, 3.8) is 0 Å². The highest BCUT2D eigenvalue weighted by Crippen LogP contribution is 2.25. The van der Waals surface area contributed by atoms with Crippen LogP contribution in [0.4, 0.5) is 5.69 Å². The number of nitrogens with zero attached hydrogens (tertiary/aromatic N) is 3. The summed E-state index contributed by atoms with van der Waals surface area (Å²) in [7, 11) is 0.